The van der Waals surface area contributed by atoms with Crippen LogP contribution in [0.1, 0.15) is 26.5 Å². The van der Waals surface area contributed by atoms with E-state index in [2.05, 4.69) is 40.8 Å². The van der Waals surface area contributed by atoms with Crippen LogP contribution in [0.15, 0.2) is 27.9 Å². The first kappa shape index (κ1) is 21.2. The standard InChI is InChI=1S/C21H30N8O2/c1-21(2,3)16-6-7-17(30)29(24-16)13-10-27-8-11-28(12-9-27)20-23-18-15(14-22-26(18)5)19(31)25(20)4/h6-7,14H,8-13H2,1-5H3. The summed E-state index contributed by atoms with van der Waals surface area (Å²) in [5.74, 6) is 0.663. The zero-order chi connectivity index (χ0) is 22.3. The number of aromatic nitrogens is 6. The van der Waals surface area contributed by atoms with E-state index in [1.807, 2.05) is 6.07 Å². The Hall–Kier alpha value is -3.01. The summed E-state index contributed by atoms with van der Waals surface area (Å²) in [5, 5.41) is 9.24. The zero-order valence-electron chi connectivity index (χ0n) is 18.9. The summed E-state index contributed by atoms with van der Waals surface area (Å²) in [6.07, 6.45) is 1.57. The van der Waals surface area contributed by atoms with Gasteiger partial charge >= 0.3 is 0 Å². The van der Waals surface area contributed by atoms with Crippen LogP contribution in [0.4, 0.5) is 5.95 Å². The molecule has 3 aromatic rings. The van der Waals surface area contributed by atoms with Crippen LogP contribution in [0.5, 0.6) is 0 Å². The molecule has 0 radical (unpaired) electrons. The fourth-order valence-corrected chi connectivity index (χ4v) is 3.86. The molecule has 1 aliphatic heterocycles. The van der Waals surface area contributed by atoms with Crippen LogP contribution >= 0.6 is 0 Å². The third kappa shape index (κ3) is 4.12. The first-order chi connectivity index (χ1) is 14.6. The van der Waals surface area contributed by atoms with Crippen molar-refractivity contribution in [2.24, 2.45) is 14.1 Å². The van der Waals surface area contributed by atoms with Gasteiger partial charge in [0, 0.05) is 58.3 Å². The van der Waals surface area contributed by atoms with Crippen LogP contribution in [-0.2, 0) is 26.1 Å². The maximum absolute atomic E-state index is 12.7. The topological polar surface area (TPSA) is 94.1 Å². The molecular weight excluding hydrogens is 396 g/mol. The highest BCUT2D eigenvalue weighted by atomic mass is 16.1. The largest absolute Gasteiger partial charge is 0.340 e. The lowest BCUT2D eigenvalue weighted by atomic mass is 9.92. The van der Waals surface area contributed by atoms with Crippen LogP contribution in [-0.4, -0.2) is 66.7 Å². The van der Waals surface area contributed by atoms with Gasteiger partial charge in [0.2, 0.25) is 5.95 Å². The quantitative estimate of drug-likeness (QED) is 0.594. The number of rotatable bonds is 4. The highest BCUT2D eigenvalue weighted by molar-refractivity contribution is 5.74. The molecule has 0 saturated carbocycles. The van der Waals surface area contributed by atoms with Gasteiger partial charge in [-0.25, -0.2) is 4.68 Å². The van der Waals surface area contributed by atoms with Crippen molar-refractivity contribution in [1.29, 1.82) is 0 Å². The molecule has 1 saturated heterocycles. The van der Waals surface area contributed by atoms with E-state index < -0.39 is 0 Å². The van der Waals surface area contributed by atoms with E-state index in [-0.39, 0.29) is 16.5 Å². The Balaban J connectivity index is 1.43. The average Bonchev–Trinajstić information content (AvgIpc) is 3.10. The highest BCUT2D eigenvalue weighted by Crippen LogP contribution is 2.18. The second-order valence-electron chi connectivity index (χ2n) is 9.14. The summed E-state index contributed by atoms with van der Waals surface area (Å²) in [6.45, 7) is 10.7. The first-order valence-electron chi connectivity index (χ1n) is 10.6. The molecule has 4 heterocycles. The van der Waals surface area contributed by atoms with E-state index >= 15 is 0 Å². The minimum absolute atomic E-state index is 0.0738. The molecule has 1 fully saturated rings. The molecule has 0 bridgehead atoms. The lowest BCUT2D eigenvalue weighted by Crippen LogP contribution is -2.49. The van der Waals surface area contributed by atoms with Gasteiger partial charge in [-0.3, -0.25) is 23.7 Å². The van der Waals surface area contributed by atoms with Crippen LogP contribution in [0.25, 0.3) is 11.0 Å². The van der Waals surface area contributed by atoms with E-state index in [1.54, 1.807) is 40.3 Å². The van der Waals surface area contributed by atoms with Crippen LogP contribution in [0, 0.1) is 0 Å². The Morgan fingerprint density at radius 1 is 1.00 bits per heavy atom. The van der Waals surface area contributed by atoms with E-state index in [0.29, 0.717) is 23.5 Å². The minimum Gasteiger partial charge on any atom is -0.340 e. The fourth-order valence-electron chi connectivity index (χ4n) is 3.86. The normalized spacial score (nSPS) is 15.7. The summed E-state index contributed by atoms with van der Waals surface area (Å²) >= 11 is 0. The molecule has 31 heavy (non-hydrogen) atoms. The molecule has 0 aromatic carbocycles. The summed E-state index contributed by atoms with van der Waals surface area (Å²) in [7, 11) is 3.55. The Morgan fingerprint density at radius 2 is 1.71 bits per heavy atom. The second-order valence-corrected chi connectivity index (χ2v) is 9.14. The van der Waals surface area contributed by atoms with Gasteiger partial charge < -0.3 is 4.90 Å². The molecule has 166 valence electrons. The number of aryl methyl sites for hydroxylation is 1. The van der Waals surface area contributed by atoms with Gasteiger partial charge in [-0.2, -0.15) is 15.2 Å². The van der Waals surface area contributed by atoms with Gasteiger partial charge in [-0.1, -0.05) is 20.8 Å². The van der Waals surface area contributed by atoms with E-state index in [1.165, 1.54) is 0 Å². The van der Waals surface area contributed by atoms with Crippen LogP contribution < -0.4 is 16.0 Å². The minimum atomic E-state index is -0.0982. The average molecular weight is 427 g/mol. The van der Waals surface area contributed by atoms with Crippen LogP contribution in [0.2, 0.25) is 0 Å². The molecule has 3 aromatic heterocycles. The highest BCUT2D eigenvalue weighted by Gasteiger charge is 2.22. The van der Waals surface area contributed by atoms with Gasteiger partial charge in [0.15, 0.2) is 5.65 Å². The number of fused-ring (bicyclic) bond motifs is 1. The maximum Gasteiger partial charge on any atom is 0.266 e. The summed E-state index contributed by atoms with van der Waals surface area (Å²) in [4.78, 5) is 34.0. The summed E-state index contributed by atoms with van der Waals surface area (Å²) in [6, 6.07) is 3.42. The SMILES string of the molecule is Cn1c(N2CCN(CCn3nc(C(C)(C)C)ccc3=O)CC2)nc2c(cnn2C)c1=O. The van der Waals surface area contributed by atoms with Gasteiger partial charge in [0.1, 0.15) is 5.39 Å². The predicted molar refractivity (Wildman–Crippen MR) is 120 cm³/mol. The molecular formula is C21H30N8O2. The van der Waals surface area contributed by atoms with Gasteiger partial charge in [-0.15, -0.1) is 0 Å². The molecule has 4 rings (SSSR count). The molecule has 10 heteroatoms. The first-order valence-corrected chi connectivity index (χ1v) is 10.6. The Morgan fingerprint density at radius 3 is 2.39 bits per heavy atom. The smallest absolute Gasteiger partial charge is 0.266 e. The van der Waals surface area contributed by atoms with Crippen molar-refractivity contribution in [3.05, 3.63) is 44.7 Å². The second kappa shape index (κ2) is 7.92. The van der Waals surface area contributed by atoms with Crippen molar-refractivity contribution >= 4 is 17.0 Å². The predicted octanol–water partition coefficient (Wildman–Crippen LogP) is 0.343. The fraction of sp³-hybridized carbons (Fsp3) is 0.571. The monoisotopic (exact) mass is 426 g/mol. The molecule has 0 amide bonds. The summed E-state index contributed by atoms with van der Waals surface area (Å²) in [5.41, 5.74) is 1.26. The number of anilines is 1. The number of hydrogen-bond donors (Lipinski definition) is 0. The van der Waals surface area contributed by atoms with Crippen LogP contribution in [0.3, 0.4) is 0 Å². The van der Waals surface area contributed by atoms with Crippen molar-refractivity contribution in [3.8, 4) is 0 Å². The Kier molecular flexibility index (Phi) is 5.42. The van der Waals surface area contributed by atoms with E-state index in [4.69, 9.17) is 4.98 Å². The van der Waals surface area contributed by atoms with E-state index in [0.717, 1.165) is 38.4 Å². The van der Waals surface area contributed by atoms with Gasteiger partial charge in [-0.05, 0) is 6.07 Å². The number of nitrogens with zero attached hydrogens (tertiary/aromatic N) is 8. The molecule has 0 atom stereocenters. The molecule has 10 nitrogen and oxygen atoms in total. The third-order valence-electron chi connectivity index (χ3n) is 5.87. The van der Waals surface area contributed by atoms with Gasteiger partial charge in [0.05, 0.1) is 18.4 Å². The third-order valence-corrected chi connectivity index (χ3v) is 5.87. The molecule has 0 unspecified atom stereocenters. The summed E-state index contributed by atoms with van der Waals surface area (Å²) < 4.78 is 4.79. The lowest BCUT2D eigenvalue weighted by Gasteiger charge is -2.35. The van der Waals surface area contributed by atoms with Crippen molar-refractivity contribution < 1.29 is 0 Å². The molecule has 0 aliphatic carbocycles. The number of hydrogen-bond acceptors (Lipinski definition) is 7. The Bertz CT molecular complexity index is 1210. The van der Waals surface area contributed by atoms with E-state index in [9.17, 15) is 9.59 Å². The van der Waals surface area contributed by atoms with Crippen molar-refractivity contribution in [2.45, 2.75) is 32.7 Å². The lowest BCUT2D eigenvalue weighted by molar-refractivity contribution is 0.240. The zero-order valence-corrected chi connectivity index (χ0v) is 18.9. The van der Waals surface area contributed by atoms with Crippen molar-refractivity contribution in [2.75, 3.05) is 37.6 Å². The maximum atomic E-state index is 12.7. The molecule has 0 spiro atoms. The number of piperazine rings is 1. The van der Waals surface area contributed by atoms with Crippen molar-refractivity contribution in [1.82, 2.24) is 34.0 Å². The van der Waals surface area contributed by atoms with Crippen molar-refractivity contribution in [3.63, 3.8) is 0 Å². The Labute approximate surface area is 180 Å². The molecule has 1 aliphatic rings. The molecule has 0 N–H and O–H groups in total. The van der Waals surface area contributed by atoms with Gasteiger partial charge in [0.25, 0.3) is 11.1 Å².